The molecule has 0 aliphatic carbocycles. The van der Waals surface area contributed by atoms with Crippen LogP contribution < -0.4 is 10.1 Å². The van der Waals surface area contributed by atoms with Crippen LogP contribution in [0.3, 0.4) is 0 Å². The van der Waals surface area contributed by atoms with Crippen LogP contribution in [-0.4, -0.2) is 38.6 Å². The van der Waals surface area contributed by atoms with Gasteiger partial charge in [-0.2, -0.15) is 26.7 Å². The van der Waals surface area contributed by atoms with Gasteiger partial charge in [0.25, 0.3) is 0 Å². The van der Waals surface area contributed by atoms with Crippen LogP contribution in [0, 0.1) is 0 Å². The topological polar surface area (TPSA) is 59.9 Å². The van der Waals surface area contributed by atoms with E-state index in [1.165, 1.54) is 0 Å². The minimum absolute atomic E-state index is 0.000968. The molecule has 1 aromatic rings. The Morgan fingerprint density at radius 2 is 2.00 bits per heavy atom. The highest BCUT2D eigenvalue weighted by Crippen LogP contribution is 2.21. The normalized spacial score (nSPS) is 11.7. The standard InChI is InChI=1S/C11H19ClN4OS/c1-7(2)17-10-15-8(12)14-9(16-10)13-6-11(3,4)18-5/h7H,6H2,1-5H3,(H,13,14,15,16). The summed E-state index contributed by atoms with van der Waals surface area (Å²) in [5.74, 6) is 0.438. The third-order valence-electron chi connectivity index (χ3n) is 2.15. The van der Waals surface area contributed by atoms with Crippen molar-refractivity contribution in [2.75, 3.05) is 18.1 Å². The Morgan fingerprint density at radius 1 is 1.33 bits per heavy atom. The van der Waals surface area contributed by atoms with Crippen molar-refractivity contribution in [1.29, 1.82) is 0 Å². The zero-order valence-electron chi connectivity index (χ0n) is 11.3. The number of aromatic nitrogens is 3. The summed E-state index contributed by atoms with van der Waals surface area (Å²) in [5, 5.41) is 3.27. The Labute approximate surface area is 117 Å². The van der Waals surface area contributed by atoms with Crippen molar-refractivity contribution < 1.29 is 4.74 Å². The zero-order valence-corrected chi connectivity index (χ0v) is 12.9. The van der Waals surface area contributed by atoms with Crippen molar-refractivity contribution in [1.82, 2.24) is 15.0 Å². The first kappa shape index (κ1) is 15.3. The highest BCUT2D eigenvalue weighted by Gasteiger charge is 2.16. The molecule has 18 heavy (non-hydrogen) atoms. The van der Waals surface area contributed by atoms with E-state index in [1.54, 1.807) is 11.8 Å². The molecule has 1 aromatic heterocycles. The number of halogens is 1. The molecule has 0 aliphatic rings. The van der Waals surface area contributed by atoms with Crippen molar-refractivity contribution in [2.24, 2.45) is 0 Å². The molecular weight excluding hydrogens is 272 g/mol. The second kappa shape index (κ2) is 6.43. The van der Waals surface area contributed by atoms with Gasteiger partial charge in [0.05, 0.1) is 6.10 Å². The molecule has 0 atom stereocenters. The summed E-state index contributed by atoms with van der Waals surface area (Å²) in [6.45, 7) is 8.82. The maximum Gasteiger partial charge on any atom is 0.322 e. The van der Waals surface area contributed by atoms with E-state index < -0.39 is 0 Å². The molecule has 0 unspecified atom stereocenters. The molecule has 7 heteroatoms. The van der Waals surface area contributed by atoms with Gasteiger partial charge in [-0.05, 0) is 45.6 Å². The van der Waals surface area contributed by atoms with Gasteiger partial charge in [-0.25, -0.2) is 0 Å². The van der Waals surface area contributed by atoms with Crippen molar-refractivity contribution >= 4 is 29.3 Å². The van der Waals surface area contributed by atoms with Crippen LogP contribution in [0.15, 0.2) is 0 Å². The average molecular weight is 291 g/mol. The van der Waals surface area contributed by atoms with E-state index in [2.05, 4.69) is 40.4 Å². The molecule has 1 rings (SSSR count). The monoisotopic (exact) mass is 290 g/mol. The summed E-state index contributed by atoms with van der Waals surface area (Å²) in [4.78, 5) is 12.1. The van der Waals surface area contributed by atoms with E-state index in [1.807, 2.05) is 13.8 Å². The summed E-state index contributed by atoms with van der Waals surface area (Å²) in [6.07, 6.45) is 2.06. The van der Waals surface area contributed by atoms with E-state index in [4.69, 9.17) is 16.3 Å². The van der Waals surface area contributed by atoms with Gasteiger partial charge in [0.2, 0.25) is 11.2 Å². The van der Waals surface area contributed by atoms with Crippen molar-refractivity contribution in [3.8, 4) is 6.01 Å². The van der Waals surface area contributed by atoms with E-state index >= 15 is 0 Å². The van der Waals surface area contributed by atoms with Crippen molar-refractivity contribution in [3.05, 3.63) is 5.28 Å². The lowest BCUT2D eigenvalue weighted by atomic mass is 10.2. The second-order valence-electron chi connectivity index (χ2n) is 4.69. The third kappa shape index (κ3) is 5.27. The molecule has 0 fully saturated rings. The van der Waals surface area contributed by atoms with E-state index in [9.17, 15) is 0 Å². The summed E-state index contributed by atoms with van der Waals surface area (Å²) in [6, 6.07) is 0.245. The minimum atomic E-state index is -0.000968. The number of ether oxygens (including phenoxy) is 1. The Kier molecular flexibility index (Phi) is 5.47. The van der Waals surface area contributed by atoms with Crippen LogP contribution in [0.2, 0.25) is 5.28 Å². The molecule has 5 nitrogen and oxygen atoms in total. The van der Waals surface area contributed by atoms with Crippen LogP contribution in [-0.2, 0) is 0 Å². The largest absolute Gasteiger partial charge is 0.461 e. The number of nitrogens with zero attached hydrogens (tertiary/aromatic N) is 3. The molecule has 0 saturated carbocycles. The molecule has 0 saturated heterocycles. The van der Waals surface area contributed by atoms with Crippen LogP contribution in [0.4, 0.5) is 5.95 Å². The van der Waals surface area contributed by atoms with Crippen LogP contribution >= 0.6 is 23.4 Å². The first-order chi connectivity index (χ1) is 8.32. The molecule has 102 valence electrons. The number of hydrogen-bond donors (Lipinski definition) is 1. The third-order valence-corrected chi connectivity index (χ3v) is 3.57. The van der Waals surface area contributed by atoms with Crippen LogP contribution in [0.25, 0.3) is 0 Å². The Balaban J connectivity index is 2.74. The Hall–Kier alpha value is -0.750. The van der Waals surface area contributed by atoms with Gasteiger partial charge in [-0.15, -0.1) is 0 Å². The fourth-order valence-corrected chi connectivity index (χ4v) is 1.41. The minimum Gasteiger partial charge on any atom is -0.461 e. The molecule has 0 radical (unpaired) electrons. The summed E-state index contributed by atoms with van der Waals surface area (Å²) < 4.78 is 5.50. The zero-order chi connectivity index (χ0) is 13.8. The number of thioether (sulfide) groups is 1. The molecular formula is C11H19ClN4OS. The van der Waals surface area contributed by atoms with Gasteiger partial charge in [0.1, 0.15) is 0 Å². The van der Waals surface area contributed by atoms with Gasteiger partial charge in [-0.3, -0.25) is 0 Å². The quantitative estimate of drug-likeness (QED) is 0.869. The first-order valence-corrected chi connectivity index (χ1v) is 7.30. The van der Waals surface area contributed by atoms with Gasteiger partial charge in [0.15, 0.2) is 0 Å². The van der Waals surface area contributed by atoms with Gasteiger partial charge < -0.3 is 10.1 Å². The molecule has 0 spiro atoms. The highest BCUT2D eigenvalue weighted by atomic mass is 35.5. The predicted molar refractivity (Wildman–Crippen MR) is 76.7 cm³/mol. The fourth-order valence-electron chi connectivity index (χ4n) is 1.04. The molecule has 0 amide bonds. The van der Waals surface area contributed by atoms with E-state index in [0.29, 0.717) is 5.95 Å². The Bertz CT molecular complexity index is 401. The maximum absolute atomic E-state index is 5.83. The number of hydrogen-bond acceptors (Lipinski definition) is 6. The average Bonchev–Trinajstić information content (AvgIpc) is 2.25. The lowest BCUT2D eigenvalue weighted by Crippen LogP contribution is -2.26. The lowest BCUT2D eigenvalue weighted by Gasteiger charge is -2.22. The number of anilines is 1. The van der Waals surface area contributed by atoms with Crippen molar-refractivity contribution in [2.45, 2.75) is 38.5 Å². The summed E-state index contributed by atoms with van der Waals surface area (Å²) >= 11 is 7.60. The predicted octanol–water partition coefficient (Wildman–Crippen LogP) is 2.87. The molecule has 1 heterocycles. The van der Waals surface area contributed by atoms with Crippen LogP contribution in [0.5, 0.6) is 6.01 Å². The second-order valence-corrected chi connectivity index (χ2v) is 6.55. The molecule has 0 bridgehead atoms. The number of nitrogens with one attached hydrogen (secondary N) is 1. The highest BCUT2D eigenvalue weighted by molar-refractivity contribution is 7.99. The SMILES string of the molecule is CSC(C)(C)CNc1nc(Cl)nc(OC(C)C)n1. The molecule has 0 aromatic carbocycles. The Morgan fingerprint density at radius 3 is 2.56 bits per heavy atom. The lowest BCUT2D eigenvalue weighted by molar-refractivity contribution is 0.222. The smallest absolute Gasteiger partial charge is 0.322 e. The van der Waals surface area contributed by atoms with E-state index in [0.717, 1.165) is 6.54 Å². The molecule has 0 aliphatic heterocycles. The summed E-state index contributed by atoms with van der Waals surface area (Å²) in [7, 11) is 0. The first-order valence-electron chi connectivity index (χ1n) is 5.69. The molecule has 1 N–H and O–H groups in total. The fraction of sp³-hybridized carbons (Fsp3) is 0.727. The van der Waals surface area contributed by atoms with E-state index in [-0.39, 0.29) is 22.1 Å². The van der Waals surface area contributed by atoms with Crippen LogP contribution in [0.1, 0.15) is 27.7 Å². The summed E-state index contributed by atoms with van der Waals surface area (Å²) in [5.41, 5.74) is 0. The van der Waals surface area contributed by atoms with Gasteiger partial charge in [0, 0.05) is 11.3 Å². The van der Waals surface area contributed by atoms with Gasteiger partial charge >= 0.3 is 6.01 Å². The van der Waals surface area contributed by atoms with Crippen molar-refractivity contribution in [3.63, 3.8) is 0 Å². The maximum atomic E-state index is 5.83. The van der Waals surface area contributed by atoms with Gasteiger partial charge in [-0.1, -0.05) is 0 Å². The number of rotatable bonds is 6.